The molecule has 1 fully saturated rings. The van der Waals surface area contributed by atoms with Crippen molar-refractivity contribution in [2.75, 3.05) is 13.4 Å². The van der Waals surface area contributed by atoms with E-state index in [0.29, 0.717) is 0 Å². The van der Waals surface area contributed by atoms with Crippen LogP contribution in [0.15, 0.2) is 4.99 Å². The van der Waals surface area contributed by atoms with E-state index in [0.717, 1.165) is 0 Å². The first kappa shape index (κ1) is 13.1. The molecular weight excluding hydrogens is 218 g/mol. The molecule has 0 spiro atoms. The highest BCUT2D eigenvalue weighted by molar-refractivity contribution is 5.75. The van der Waals surface area contributed by atoms with Crippen molar-refractivity contribution >= 4 is 5.96 Å². The second-order valence-electron chi connectivity index (χ2n) is 3.45. The summed E-state index contributed by atoms with van der Waals surface area (Å²) < 4.78 is 9.94. The van der Waals surface area contributed by atoms with Crippen molar-refractivity contribution in [2.24, 2.45) is 16.5 Å². The average Bonchev–Trinajstić information content (AvgIpc) is 2.21. The zero-order chi connectivity index (χ0) is 12.1. The molecule has 2 unspecified atom stereocenters. The van der Waals surface area contributed by atoms with Crippen molar-refractivity contribution in [2.45, 2.75) is 31.0 Å². The van der Waals surface area contributed by atoms with Crippen LogP contribution in [0.1, 0.15) is 6.42 Å². The first-order chi connectivity index (χ1) is 7.58. The number of aliphatic hydroxyl groups is 3. The van der Waals surface area contributed by atoms with Gasteiger partial charge in [-0.1, -0.05) is 0 Å². The molecule has 1 saturated heterocycles. The van der Waals surface area contributed by atoms with Gasteiger partial charge in [-0.2, -0.15) is 0 Å². The lowest BCUT2D eigenvalue weighted by molar-refractivity contribution is -0.268. The standard InChI is InChI=1S/C8H17N3O5/c9-8(10)11-4-1-5(14)7(15-3-13)16-6(4)2-12/h4-7,12-14H,1-3H2,(H4,9,10,11)/t4-,5?,6?,7-/m0/s1. The Morgan fingerprint density at radius 1 is 1.44 bits per heavy atom. The van der Waals surface area contributed by atoms with Crippen LogP contribution in [0.4, 0.5) is 0 Å². The van der Waals surface area contributed by atoms with Gasteiger partial charge in [0.2, 0.25) is 0 Å². The molecule has 1 rings (SSSR count). The fourth-order valence-corrected chi connectivity index (χ4v) is 1.58. The fraction of sp³-hybridized carbons (Fsp3) is 0.875. The maximum absolute atomic E-state index is 9.60. The highest BCUT2D eigenvalue weighted by Crippen LogP contribution is 2.23. The van der Waals surface area contributed by atoms with Gasteiger partial charge < -0.3 is 36.3 Å². The SMILES string of the molecule is NC(N)=N[C@H]1CC(O)[C@@H](OCO)OC1CO. The Hall–Kier alpha value is -0.930. The molecule has 8 nitrogen and oxygen atoms in total. The number of hydrogen-bond donors (Lipinski definition) is 5. The van der Waals surface area contributed by atoms with Crippen molar-refractivity contribution in [3.8, 4) is 0 Å². The molecule has 16 heavy (non-hydrogen) atoms. The minimum atomic E-state index is -0.979. The molecule has 0 aliphatic carbocycles. The van der Waals surface area contributed by atoms with Gasteiger partial charge in [0, 0.05) is 6.42 Å². The Labute approximate surface area is 92.5 Å². The van der Waals surface area contributed by atoms with E-state index in [1.165, 1.54) is 0 Å². The summed E-state index contributed by atoms with van der Waals surface area (Å²) in [5.74, 6) is -0.138. The van der Waals surface area contributed by atoms with Gasteiger partial charge in [-0.15, -0.1) is 0 Å². The van der Waals surface area contributed by atoms with E-state index in [1.54, 1.807) is 0 Å². The molecule has 0 saturated carbocycles. The van der Waals surface area contributed by atoms with Crippen LogP contribution < -0.4 is 11.5 Å². The second kappa shape index (κ2) is 5.97. The van der Waals surface area contributed by atoms with Crippen LogP contribution in [0, 0.1) is 0 Å². The number of ether oxygens (including phenoxy) is 2. The Morgan fingerprint density at radius 2 is 2.12 bits per heavy atom. The van der Waals surface area contributed by atoms with Crippen LogP contribution in [-0.2, 0) is 9.47 Å². The maximum Gasteiger partial charge on any atom is 0.186 e. The van der Waals surface area contributed by atoms with E-state index in [-0.39, 0.29) is 19.0 Å². The smallest absolute Gasteiger partial charge is 0.186 e. The molecule has 0 bridgehead atoms. The van der Waals surface area contributed by atoms with Gasteiger partial charge in [-0.3, -0.25) is 0 Å². The third-order valence-electron chi connectivity index (χ3n) is 2.27. The first-order valence-corrected chi connectivity index (χ1v) is 4.84. The van der Waals surface area contributed by atoms with E-state index < -0.39 is 31.3 Å². The summed E-state index contributed by atoms with van der Waals surface area (Å²) in [6.07, 6.45) is -2.41. The van der Waals surface area contributed by atoms with Gasteiger partial charge in [-0.25, -0.2) is 4.99 Å². The molecule has 7 N–H and O–H groups in total. The van der Waals surface area contributed by atoms with Gasteiger partial charge >= 0.3 is 0 Å². The molecule has 0 aromatic carbocycles. The zero-order valence-electron chi connectivity index (χ0n) is 8.69. The van der Waals surface area contributed by atoms with Gasteiger partial charge in [0.1, 0.15) is 19.0 Å². The first-order valence-electron chi connectivity index (χ1n) is 4.84. The van der Waals surface area contributed by atoms with E-state index >= 15 is 0 Å². The molecule has 4 atom stereocenters. The lowest BCUT2D eigenvalue weighted by atomic mass is 10.0. The molecule has 0 amide bonds. The van der Waals surface area contributed by atoms with E-state index in [1.807, 2.05) is 0 Å². The van der Waals surface area contributed by atoms with Crippen LogP contribution in [-0.4, -0.2) is 59.2 Å². The third-order valence-corrected chi connectivity index (χ3v) is 2.27. The molecule has 0 aromatic rings. The number of aliphatic imine (C=N–C) groups is 1. The minimum absolute atomic E-state index is 0.138. The lowest BCUT2D eigenvalue weighted by Crippen LogP contribution is -2.50. The largest absolute Gasteiger partial charge is 0.394 e. The molecular formula is C8H17N3O5. The van der Waals surface area contributed by atoms with Crippen molar-refractivity contribution in [3.63, 3.8) is 0 Å². The summed E-state index contributed by atoms with van der Waals surface area (Å²) in [7, 11) is 0. The third kappa shape index (κ3) is 3.29. The van der Waals surface area contributed by atoms with Crippen LogP contribution in [0.25, 0.3) is 0 Å². The molecule has 94 valence electrons. The quantitative estimate of drug-likeness (QED) is 0.199. The van der Waals surface area contributed by atoms with E-state index in [2.05, 4.69) is 4.99 Å². The Morgan fingerprint density at radius 3 is 2.62 bits per heavy atom. The number of nitrogens with two attached hydrogens (primary N) is 2. The van der Waals surface area contributed by atoms with E-state index in [9.17, 15) is 5.11 Å². The van der Waals surface area contributed by atoms with Crippen LogP contribution >= 0.6 is 0 Å². The Kier molecular flexibility index (Phi) is 4.90. The van der Waals surface area contributed by atoms with Crippen LogP contribution in [0.2, 0.25) is 0 Å². The van der Waals surface area contributed by atoms with Crippen molar-refractivity contribution < 1.29 is 24.8 Å². The summed E-state index contributed by atoms with van der Waals surface area (Å²) in [4.78, 5) is 3.84. The summed E-state index contributed by atoms with van der Waals surface area (Å²) >= 11 is 0. The van der Waals surface area contributed by atoms with Gasteiger partial charge in [-0.05, 0) is 0 Å². The molecule has 1 heterocycles. The monoisotopic (exact) mass is 235 g/mol. The topological polar surface area (TPSA) is 144 Å². The predicted molar refractivity (Wildman–Crippen MR) is 54.1 cm³/mol. The van der Waals surface area contributed by atoms with Crippen molar-refractivity contribution in [3.05, 3.63) is 0 Å². The predicted octanol–water partition coefficient (Wildman–Crippen LogP) is -2.94. The molecule has 1 aliphatic heterocycles. The summed E-state index contributed by atoms with van der Waals surface area (Å²) in [6, 6.07) is -0.524. The zero-order valence-corrected chi connectivity index (χ0v) is 8.69. The van der Waals surface area contributed by atoms with Gasteiger partial charge in [0.15, 0.2) is 12.2 Å². The highest BCUT2D eigenvalue weighted by Gasteiger charge is 2.37. The summed E-state index contributed by atoms with van der Waals surface area (Å²) in [5, 5.41) is 27.2. The van der Waals surface area contributed by atoms with Crippen LogP contribution in [0.3, 0.4) is 0 Å². The van der Waals surface area contributed by atoms with Crippen molar-refractivity contribution in [1.29, 1.82) is 0 Å². The number of guanidine groups is 1. The number of rotatable bonds is 4. The summed E-state index contributed by atoms with van der Waals surface area (Å²) in [6.45, 7) is -0.883. The fourth-order valence-electron chi connectivity index (χ4n) is 1.58. The second-order valence-corrected chi connectivity index (χ2v) is 3.45. The number of aliphatic hydroxyl groups excluding tert-OH is 3. The average molecular weight is 235 g/mol. The minimum Gasteiger partial charge on any atom is -0.394 e. The number of hydrogen-bond acceptors (Lipinski definition) is 6. The summed E-state index contributed by atoms with van der Waals surface area (Å²) in [5.41, 5.74) is 10.4. The normalized spacial score (nSPS) is 34.7. The molecule has 0 radical (unpaired) electrons. The maximum atomic E-state index is 9.60. The molecule has 8 heteroatoms. The Bertz CT molecular complexity index is 246. The molecule has 1 aliphatic rings. The lowest BCUT2D eigenvalue weighted by Gasteiger charge is -2.36. The van der Waals surface area contributed by atoms with Gasteiger partial charge in [0.05, 0.1) is 12.6 Å². The van der Waals surface area contributed by atoms with Gasteiger partial charge in [0.25, 0.3) is 0 Å². The number of nitrogens with zero attached hydrogens (tertiary/aromatic N) is 1. The highest BCUT2D eigenvalue weighted by atomic mass is 16.7. The van der Waals surface area contributed by atoms with E-state index in [4.69, 9.17) is 31.2 Å². The molecule has 0 aromatic heterocycles. The van der Waals surface area contributed by atoms with Crippen LogP contribution in [0.5, 0.6) is 0 Å². The van der Waals surface area contributed by atoms with Crippen molar-refractivity contribution in [1.82, 2.24) is 0 Å². The Balaban J connectivity index is 2.66.